The normalized spacial score (nSPS) is 23.4. The summed E-state index contributed by atoms with van der Waals surface area (Å²) in [5.41, 5.74) is -1.73. The highest BCUT2D eigenvalue weighted by Gasteiger charge is 2.52. The van der Waals surface area contributed by atoms with Gasteiger partial charge in [0, 0.05) is 26.7 Å². The van der Waals surface area contributed by atoms with Crippen molar-refractivity contribution >= 4 is 23.8 Å². The summed E-state index contributed by atoms with van der Waals surface area (Å²) in [6, 6.07) is -0.436. The zero-order valence-corrected chi connectivity index (χ0v) is 21.9. The van der Waals surface area contributed by atoms with Crippen LogP contribution < -0.4 is 0 Å². The van der Waals surface area contributed by atoms with E-state index in [-0.39, 0.29) is 18.4 Å². The number of rotatable bonds is 7. The first-order chi connectivity index (χ1) is 15.8. The van der Waals surface area contributed by atoms with Crippen LogP contribution in [0.3, 0.4) is 0 Å². The number of imide groups is 1. The van der Waals surface area contributed by atoms with Crippen molar-refractivity contribution in [2.24, 2.45) is 17.8 Å². The number of hydrogen-bond donors (Lipinski definition) is 0. The Hall–Kier alpha value is -2.12. The van der Waals surface area contributed by atoms with Crippen molar-refractivity contribution < 1.29 is 23.9 Å². The van der Waals surface area contributed by atoms with E-state index in [1.807, 2.05) is 4.90 Å². The lowest BCUT2D eigenvalue weighted by molar-refractivity contribution is -0.166. The van der Waals surface area contributed by atoms with Gasteiger partial charge in [-0.15, -0.1) is 0 Å². The van der Waals surface area contributed by atoms with Crippen molar-refractivity contribution in [1.29, 1.82) is 0 Å². The van der Waals surface area contributed by atoms with Gasteiger partial charge in [0.15, 0.2) is 0 Å². The number of likely N-dealkylation sites (tertiary alicyclic amines) is 1. The summed E-state index contributed by atoms with van der Waals surface area (Å²) in [5.74, 6) is -2.01. The maximum absolute atomic E-state index is 13.8. The Balaban J connectivity index is 1.95. The van der Waals surface area contributed by atoms with E-state index >= 15 is 0 Å². The Labute approximate surface area is 204 Å². The minimum absolute atomic E-state index is 0.0332. The van der Waals surface area contributed by atoms with Crippen LogP contribution in [0.15, 0.2) is 0 Å². The Morgan fingerprint density at radius 1 is 1.00 bits per heavy atom. The predicted molar refractivity (Wildman–Crippen MR) is 129 cm³/mol. The molecule has 3 aliphatic rings. The van der Waals surface area contributed by atoms with E-state index in [9.17, 15) is 19.2 Å². The molecule has 4 amide bonds. The van der Waals surface area contributed by atoms with Gasteiger partial charge < -0.3 is 14.5 Å². The summed E-state index contributed by atoms with van der Waals surface area (Å²) in [7, 11) is 1.59. The lowest BCUT2D eigenvalue weighted by Crippen LogP contribution is -2.49. The molecule has 192 valence electrons. The molecule has 0 aromatic heterocycles. The molecule has 8 nitrogen and oxygen atoms in total. The molecule has 2 saturated heterocycles. The number of urea groups is 1. The highest BCUT2D eigenvalue weighted by atomic mass is 16.6. The molecule has 3 fully saturated rings. The molecule has 1 aliphatic carbocycles. The van der Waals surface area contributed by atoms with Gasteiger partial charge in [0.2, 0.25) is 5.91 Å². The van der Waals surface area contributed by atoms with Crippen molar-refractivity contribution in [2.45, 2.75) is 97.1 Å². The summed E-state index contributed by atoms with van der Waals surface area (Å²) in [5, 5.41) is 0. The topological polar surface area (TPSA) is 87.2 Å². The molecule has 0 bridgehead atoms. The number of nitrogens with zero attached hydrogens (tertiary/aromatic N) is 3. The number of hydrogen-bond acceptors (Lipinski definition) is 5. The molecule has 2 heterocycles. The molecule has 2 aliphatic heterocycles. The fourth-order valence-electron chi connectivity index (χ4n) is 5.47. The van der Waals surface area contributed by atoms with Gasteiger partial charge in [-0.1, -0.05) is 25.7 Å². The zero-order valence-electron chi connectivity index (χ0n) is 21.9. The van der Waals surface area contributed by atoms with Gasteiger partial charge in [0.1, 0.15) is 11.1 Å². The van der Waals surface area contributed by atoms with E-state index in [1.165, 1.54) is 4.90 Å². The second kappa shape index (κ2) is 10.2. The smallest absolute Gasteiger partial charge is 0.327 e. The fraction of sp³-hybridized carbons (Fsp3) is 0.846. The summed E-state index contributed by atoms with van der Waals surface area (Å²) in [6.07, 6.45) is 7.97. The number of carbonyl (C=O) groups is 4. The van der Waals surface area contributed by atoms with Crippen molar-refractivity contribution in [3.8, 4) is 0 Å². The molecule has 0 radical (unpaired) electrons. The van der Waals surface area contributed by atoms with Crippen LogP contribution in [0.4, 0.5) is 4.79 Å². The molecule has 0 spiro atoms. The van der Waals surface area contributed by atoms with Crippen molar-refractivity contribution in [3.05, 3.63) is 0 Å². The van der Waals surface area contributed by atoms with Gasteiger partial charge in [-0.3, -0.25) is 19.3 Å². The highest BCUT2D eigenvalue weighted by molar-refractivity contribution is 6.06. The maximum Gasteiger partial charge on any atom is 0.327 e. The molecule has 0 aromatic carbocycles. The first-order valence-electron chi connectivity index (χ1n) is 12.9. The second-order valence-electron chi connectivity index (χ2n) is 11.8. The molecule has 1 saturated carbocycles. The molecule has 8 heteroatoms. The minimum atomic E-state index is -0.993. The van der Waals surface area contributed by atoms with Crippen molar-refractivity contribution in [2.75, 3.05) is 26.7 Å². The third-order valence-electron chi connectivity index (χ3n) is 7.75. The second-order valence-corrected chi connectivity index (χ2v) is 11.8. The number of carbonyl (C=O) groups excluding carboxylic acids is 4. The molecule has 1 unspecified atom stereocenters. The first-order valence-corrected chi connectivity index (χ1v) is 12.9. The molecule has 0 aromatic rings. The Bertz CT molecular complexity index is 791. The molecular formula is C26H43N3O5. The number of amides is 4. The van der Waals surface area contributed by atoms with Crippen LogP contribution in [0, 0.1) is 17.8 Å². The molecule has 34 heavy (non-hydrogen) atoms. The molecule has 2 atom stereocenters. The highest BCUT2D eigenvalue weighted by Crippen LogP contribution is 2.36. The fourth-order valence-corrected chi connectivity index (χ4v) is 5.47. The quantitative estimate of drug-likeness (QED) is 0.411. The summed E-state index contributed by atoms with van der Waals surface area (Å²) in [4.78, 5) is 58.0. The largest absolute Gasteiger partial charge is 0.460 e. The maximum atomic E-state index is 13.8. The van der Waals surface area contributed by atoms with Crippen LogP contribution in [0.2, 0.25) is 0 Å². The standard InChI is InChI=1S/C26H43N3O5/c1-25(2,3)34-22(31)20(17-29-23(32)26(4,5)27(6)24(29)33)19(16-18-12-8-9-13-18)21(30)28-14-10-7-11-15-28/h18-20H,7-17H2,1-6H3/t19?,20-/m0/s1. The predicted octanol–water partition coefficient (Wildman–Crippen LogP) is 3.83. The van der Waals surface area contributed by atoms with Crippen molar-refractivity contribution in [3.63, 3.8) is 0 Å². The molecule has 0 N–H and O–H groups in total. The average molecular weight is 478 g/mol. The van der Waals surface area contributed by atoms with E-state index in [4.69, 9.17) is 4.74 Å². The third-order valence-corrected chi connectivity index (χ3v) is 7.75. The van der Waals surface area contributed by atoms with Crippen LogP contribution >= 0.6 is 0 Å². The Morgan fingerprint density at radius 2 is 1.59 bits per heavy atom. The summed E-state index contributed by atoms with van der Waals surface area (Å²) < 4.78 is 5.77. The Morgan fingerprint density at radius 3 is 2.09 bits per heavy atom. The van der Waals surface area contributed by atoms with Gasteiger partial charge in [-0.25, -0.2) is 4.79 Å². The van der Waals surface area contributed by atoms with Crippen LogP contribution in [0.5, 0.6) is 0 Å². The number of likely N-dealkylation sites (N-methyl/N-ethyl adjacent to an activating group) is 1. The number of piperidine rings is 1. The van der Waals surface area contributed by atoms with Crippen LogP contribution in [-0.2, 0) is 19.1 Å². The first kappa shape index (κ1) is 26.5. The van der Waals surface area contributed by atoms with Gasteiger partial charge in [-0.2, -0.15) is 0 Å². The number of ether oxygens (including phenoxy) is 1. The summed E-state index contributed by atoms with van der Waals surface area (Å²) >= 11 is 0. The minimum Gasteiger partial charge on any atom is -0.460 e. The van der Waals surface area contributed by atoms with Crippen LogP contribution in [-0.4, -0.2) is 76.3 Å². The average Bonchev–Trinajstić information content (AvgIpc) is 3.33. The van der Waals surface area contributed by atoms with Gasteiger partial charge in [0.25, 0.3) is 5.91 Å². The summed E-state index contributed by atoms with van der Waals surface area (Å²) in [6.45, 7) is 10.0. The van der Waals surface area contributed by atoms with Gasteiger partial charge >= 0.3 is 12.0 Å². The van der Waals surface area contributed by atoms with E-state index in [2.05, 4.69) is 0 Å². The number of esters is 1. The van der Waals surface area contributed by atoms with Crippen molar-refractivity contribution in [1.82, 2.24) is 14.7 Å². The molecule has 3 rings (SSSR count). The van der Waals surface area contributed by atoms with E-state index in [1.54, 1.807) is 41.7 Å². The molecular weight excluding hydrogens is 434 g/mol. The zero-order chi connectivity index (χ0) is 25.3. The van der Waals surface area contributed by atoms with Gasteiger partial charge in [0.05, 0.1) is 11.8 Å². The van der Waals surface area contributed by atoms with Crippen LogP contribution in [0.25, 0.3) is 0 Å². The van der Waals surface area contributed by atoms with E-state index < -0.39 is 35.0 Å². The SMILES string of the molecule is CN1C(=O)N(C[C@H](C(=O)OC(C)(C)C)C(CC2CCCC2)C(=O)N2CCCCC2)C(=O)C1(C)C. The Kier molecular flexibility index (Phi) is 7.98. The lowest BCUT2D eigenvalue weighted by Gasteiger charge is -2.36. The van der Waals surface area contributed by atoms with E-state index in [0.29, 0.717) is 25.4 Å². The third kappa shape index (κ3) is 5.74. The monoisotopic (exact) mass is 477 g/mol. The van der Waals surface area contributed by atoms with E-state index in [0.717, 1.165) is 49.8 Å². The van der Waals surface area contributed by atoms with Gasteiger partial charge in [-0.05, 0) is 66.2 Å². The lowest BCUT2D eigenvalue weighted by atomic mass is 9.81. The van der Waals surface area contributed by atoms with Crippen LogP contribution in [0.1, 0.15) is 86.0 Å².